The molecule has 0 fully saturated rings. The van der Waals surface area contributed by atoms with Gasteiger partial charge in [0.25, 0.3) is 10.0 Å². The molecule has 0 aromatic heterocycles. The quantitative estimate of drug-likeness (QED) is 0.860. The standard InChI is InChI=1S/C13H12BrClN2O2S/c14-10-6-5-9(8-16)7-13(10)20(18,19)17-12-4-2-1-3-11(12)15/h1-7,17H,8,16H2. The van der Waals surface area contributed by atoms with E-state index in [1.165, 1.54) is 6.07 Å². The highest BCUT2D eigenvalue weighted by Crippen LogP contribution is 2.28. The summed E-state index contributed by atoms with van der Waals surface area (Å²) >= 11 is 9.19. The van der Waals surface area contributed by atoms with Gasteiger partial charge in [-0.25, -0.2) is 8.42 Å². The minimum Gasteiger partial charge on any atom is -0.326 e. The van der Waals surface area contributed by atoms with Crippen LogP contribution in [0.3, 0.4) is 0 Å². The Kier molecular flexibility index (Phi) is 4.70. The number of halogens is 2. The highest BCUT2D eigenvalue weighted by atomic mass is 79.9. The molecule has 0 spiro atoms. The lowest BCUT2D eigenvalue weighted by molar-refractivity contribution is 0.600. The van der Waals surface area contributed by atoms with Gasteiger partial charge in [-0.15, -0.1) is 0 Å². The van der Waals surface area contributed by atoms with Crippen LogP contribution in [0.25, 0.3) is 0 Å². The van der Waals surface area contributed by atoms with Gasteiger partial charge < -0.3 is 5.73 Å². The average Bonchev–Trinajstić information content (AvgIpc) is 2.41. The van der Waals surface area contributed by atoms with Crippen molar-refractivity contribution in [2.75, 3.05) is 4.72 Å². The summed E-state index contributed by atoms with van der Waals surface area (Å²) in [6.07, 6.45) is 0. The molecule has 2 aromatic rings. The fourth-order valence-electron chi connectivity index (χ4n) is 1.62. The number of sulfonamides is 1. The van der Waals surface area contributed by atoms with E-state index in [0.717, 1.165) is 5.56 Å². The Morgan fingerprint density at radius 2 is 1.90 bits per heavy atom. The summed E-state index contributed by atoms with van der Waals surface area (Å²) in [5, 5.41) is 0.335. The van der Waals surface area contributed by atoms with Crippen LogP contribution >= 0.6 is 27.5 Å². The minimum atomic E-state index is -3.74. The van der Waals surface area contributed by atoms with E-state index in [1.54, 1.807) is 36.4 Å². The minimum absolute atomic E-state index is 0.125. The number of para-hydroxylation sites is 1. The van der Waals surface area contributed by atoms with Gasteiger partial charge in [-0.2, -0.15) is 0 Å². The number of hydrogen-bond acceptors (Lipinski definition) is 3. The van der Waals surface area contributed by atoms with E-state index in [0.29, 0.717) is 15.2 Å². The first kappa shape index (κ1) is 15.3. The Bertz CT molecular complexity index is 735. The molecule has 0 aliphatic carbocycles. The van der Waals surface area contributed by atoms with Crippen molar-refractivity contribution in [3.05, 3.63) is 57.5 Å². The van der Waals surface area contributed by atoms with Crippen molar-refractivity contribution in [2.45, 2.75) is 11.4 Å². The zero-order chi connectivity index (χ0) is 14.8. The molecule has 0 heterocycles. The Hall–Kier alpha value is -1.08. The molecule has 106 valence electrons. The Morgan fingerprint density at radius 1 is 1.20 bits per heavy atom. The zero-order valence-corrected chi connectivity index (χ0v) is 13.5. The van der Waals surface area contributed by atoms with E-state index in [4.69, 9.17) is 17.3 Å². The molecule has 0 atom stereocenters. The van der Waals surface area contributed by atoms with Crippen LogP contribution < -0.4 is 10.5 Å². The summed E-state index contributed by atoms with van der Waals surface area (Å²) in [6, 6.07) is 11.6. The largest absolute Gasteiger partial charge is 0.326 e. The van der Waals surface area contributed by atoms with E-state index >= 15 is 0 Å². The van der Waals surface area contributed by atoms with Crippen LogP contribution in [-0.4, -0.2) is 8.42 Å². The molecule has 2 aromatic carbocycles. The molecule has 4 nitrogen and oxygen atoms in total. The molecule has 7 heteroatoms. The van der Waals surface area contributed by atoms with Gasteiger partial charge in [0, 0.05) is 11.0 Å². The first-order chi connectivity index (χ1) is 9.44. The van der Waals surface area contributed by atoms with Crippen LogP contribution in [0.5, 0.6) is 0 Å². The summed E-state index contributed by atoms with van der Waals surface area (Å²) in [7, 11) is -3.74. The third kappa shape index (κ3) is 3.32. The lowest BCUT2D eigenvalue weighted by Crippen LogP contribution is -2.14. The summed E-state index contributed by atoms with van der Waals surface area (Å²) in [5.74, 6) is 0. The van der Waals surface area contributed by atoms with Gasteiger partial charge in [-0.3, -0.25) is 4.72 Å². The van der Waals surface area contributed by atoms with Gasteiger partial charge in [0.1, 0.15) is 4.90 Å². The molecular formula is C13H12BrClN2O2S. The van der Waals surface area contributed by atoms with Crippen molar-refractivity contribution < 1.29 is 8.42 Å². The second kappa shape index (κ2) is 6.13. The van der Waals surface area contributed by atoms with Gasteiger partial charge in [-0.05, 0) is 45.8 Å². The number of hydrogen-bond donors (Lipinski definition) is 2. The zero-order valence-electron chi connectivity index (χ0n) is 10.3. The van der Waals surface area contributed by atoms with Crippen LogP contribution in [-0.2, 0) is 16.6 Å². The van der Waals surface area contributed by atoms with Crippen molar-refractivity contribution in [3.8, 4) is 0 Å². The normalized spacial score (nSPS) is 11.3. The molecule has 0 aliphatic heterocycles. The van der Waals surface area contributed by atoms with Gasteiger partial charge in [0.2, 0.25) is 0 Å². The summed E-state index contributed by atoms with van der Waals surface area (Å²) in [6.45, 7) is 0.266. The lowest BCUT2D eigenvalue weighted by atomic mass is 10.2. The van der Waals surface area contributed by atoms with Crippen molar-refractivity contribution in [2.24, 2.45) is 5.73 Å². The molecular weight excluding hydrogens is 364 g/mol. The van der Waals surface area contributed by atoms with Gasteiger partial charge in [-0.1, -0.05) is 29.8 Å². The molecule has 0 saturated heterocycles. The third-order valence-corrected chi connectivity index (χ3v) is 5.33. The van der Waals surface area contributed by atoms with Crippen LogP contribution in [0.1, 0.15) is 5.56 Å². The SMILES string of the molecule is NCc1ccc(Br)c(S(=O)(=O)Nc2ccccc2Cl)c1. The van der Waals surface area contributed by atoms with Gasteiger partial charge in [0.05, 0.1) is 10.7 Å². The van der Waals surface area contributed by atoms with Crippen LogP contribution in [0.4, 0.5) is 5.69 Å². The second-order valence-electron chi connectivity index (χ2n) is 4.05. The smallest absolute Gasteiger partial charge is 0.263 e. The maximum Gasteiger partial charge on any atom is 0.263 e. The molecule has 0 radical (unpaired) electrons. The first-order valence-electron chi connectivity index (χ1n) is 5.70. The van der Waals surface area contributed by atoms with Gasteiger partial charge in [0.15, 0.2) is 0 Å². The molecule has 0 amide bonds. The molecule has 0 bridgehead atoms. The number of anilines is 1. The Labute approximate surface area is 131 Å². The van der Waals surface area contributed by atoms with Crippen molar-refractivity contribution in [1.82, 2.24) is 0 Å². The van der Waals surface area contributed by atoms with E-state index in [9.17, 15) is 8.42 Å². The Morgan fingerprint density at radius 3 is 2.55 bits per heavy atom. The average molecular weight is 376 g/mol. The molecule has 0 saturated carbocycles. The summed E-state index contributed by atoms with van der Waals surface area (Å²) in [4.78, 5) is 0.125. The van der Waals surface area contributed by atoms with E-state index in [2.05, 4.69) is 20.7 Å². The fourth-order valence-corrected chi connectivity index (χ4v) is 3.96. The van der Waals surface area contributed by atoms with Crippen molar-refractivity contribution in [3.63, 3.8) is 0 Å². The maximum atomic E-state index is 12.4. The number of nitrogens with two attached hydrogens (primary N) is 1. The number of nitrogens with one attached hydrogen (secondary N) is 1. The molecule has 0 unspecified atom stereocenters. The highest BCUT2D eigenvalue weighted by Gasteiger charge is 2.19. The summed E-state index contributed by atoms with van der Waals surface area (Å²) in [5.41, 5.74) is 6.60. The van der Waals surface area contributed by atoms with Crippen LogP contribution in [0.2, 0.25) is 5.02 Å². The Balaban J connectivity index is 2.43. The first-order valence-corrected chi connectivity index (χ1v) is 8.35. The van der Waals surface area contributed by atoms with Gasteiger partial charge >= 0.3 is 0 Å². The van der Waals surface area contributed by atoms with Crippen LogP contribution in [0.15, 0.2) is 51.8 Å². The third-order valence-electron chi connectivity index (χ3n) is 2.64. The number of rotatable bonds is 4. The second-order valence-corrected chi connectivity index (χ2v) is 6.97. The highest BCUT2D eigenvalue weighted by molar-refractivity contribution is 9.10. The summed E-state index contributed by atoms with van der Waals surface area (Å²) < 4.78 is 27.7. The molecule has 20 heavy (non-hydrogen) atoms. The molecule has 0 aliphatic rings. The maximum absolute atomic E-state index is 12.4. The van der Waals surface area contributed by atoms with Crippen molar-refractivity contribution >= 4 is 43.2 Å². The van der Waals surface area contributed by atoms with E-state index < -0.39 is 10.0 Å². The van der Waals surface area contributed by atoms with Crippen LogP contribution in [0, 0.1) is 0 Å². The van der Waals surface area contributed by atoms with E-state index in [-0.39, 0.29) is 11.4 Å². The fraction of sp³-hybridized carbons (Fsp3) is 0.0769. The topological polar surface area (TPSA) is 72.2 Å². The van der Waals surface area contributed by atoms with Crippen molar-refractivity contribution in [1.29, 1.82) is 0 Å². The predicted octanol–water partition coefficient (Wildman–Crippen LogP) is 3.36. The number of benzene rings is 2. The predicted molar refractivity (Wildman–Crippen MR) is 84.3 cm³/mol. The molecule has 3 N–H and O–H groups in total. The van der Waals surface area contributed by atoms with E-state index in [1.807, 2.05) is 0 Å². The molecule has 2 rings (SSSR count). The lowest BCUT2D eigenvalue weighted by Gasteiger charge is -2.11. The monoisotopic (exact) mass is 374 g/mol.